The smallest absolute Gasteiger partial charge is 0.316 e. The number of fused-ring (bicyclic) bond motifs is 1. The minimum atomic E-state index is -0.540. The molecule has 2 amide bonds. The van der Waals surface area contributed by atoms with Crippen LogP contribution in [0.5, 0.6) is 0 Å². The summed E-state index contributed by atoms with van der Waals surface area (Å²) in [5.74, 6) is 0. The van der Waals surface area contributed by atoms with Gasteiger partial charge in [-0.1, -0.05) is 36.4 Å². The first kappa shape index (κ1) is 14.3. The molecule has 0 saturated carbocycles. The summed E-state index contributed by atoms with van der Waals surface area (Å²) in [7, 11) is 0. The maximum atomic E-state index is 10.7. The van der Waals surface area contributed by atoms with Gasteiger partial charge in [0.25, 0.3) is 0 Å². The SMILES string of the molecule is C1CNCCN1.NC(=O)Nc1cccc2ccccc12. The first-order chi connectivity index (χ1) is 9.77. The molecule has 2 aromatic carbocycles. The summed E-state index contributed by atoms with van der Waals surface area (Å²) in [6, 6.07) is 13.0. The number of benzene rings is 2. The van der Waals surface area contributed by atoms with Gasteiger partial charge in [0, 0.05) is 31.6 Å². The monoisotopic (exact) mass is 272 g/mol. The van der Waals surface area contributed by atoms with Crippen molar-refractivity contribution < 1.29 is 4.79 Å². The third-order valence-electron chi connectivity index (χ3n) is 3.00. The zero-order valence-electron chi connectivity index (χ0n) is 11.4. The molecule has 5 nitrogen and oxygen atoms in total. The van der Waals surface area contributed by atoms with Crippen LogP contribution >= 0.6 is 0 Å². The minimum Gasteiger partial charge on any atom is -0.351 e. The van der Waals surface area contributed by atoms with Crippen LogP contribution in [0.4, 0.5) is 10.5 Å². The molecular formula is C15H20N4O. The first-order valence-corrected chi connectivity index (χ1v) is 6.73. The number of primary amides is 1. The minimum absolute atomic E-state index is 0.540. The van der Waals surface area contributed by atoms with Gasteiger partial charge in [-0.05, 0) is 11.5 Å². The molecule has 1 heterocycles. The molecular weight excluding hydrogens is 252 g/mol. The van der Waals surface area contributed by atoms with E-state index in [0.717, 1.165) is 42.6 Å². The van der Waals surface area contributed by atoms with Crippen LogP contribution in [0.1, 0.15) is 0 Å². The van der Waals surface area contributed by atoms with E-state index in [2.05, 4.69) is 16.0 Å². The Balaban J connectivity index is 0.000000205. The lowest BCUT2D eigenvalue weighted by atomic mass is 10.1. The lowest BCUT2D eigenvalue weighted by molar-refractivity contribution is 0.259. The molecule has 1 aliphatic heterocycles. The molecule has 0 spiro atoms. The van der Waals surface area contributed by atoms with Gasteiger partial charge in [0.05, 0.1) is 5.69 Å². The van der Waals surface area contributed by atoms with Gasteiger partial charge in [-0.2, -0.15) is 0 Å². The summed E-state index contributed by atoms with van der Waals surface area (Å²) in [5.41, 5.74) is 5.81. The van der Waals surface area contributed by atoms with Crippen molar-refractivity contribution in [2.45, 2.75) is 0 Å². The molecule has 0 radical (unpaired) electrons. The van der Waals surface area contributed by atoms with Crippen molar-refractivity contribution in [3.63, 3.8) is 0 Å². The van der Waals surface area contributed by atoms with Crippen molar-refractivity contribution in [3.05, 3.63) is 42.5 Å². The number of rotatable bonds is 1. The topological polar surface area (TPSA) is 79.2 Å². The van der Waals surface area contributed by atoms with Gasteiger partial charge in [0.2, 0.25) is 0 Å². The number of amides is 2. The van der Waals surface area contributed by atoms with Crippen LogP contribution in [0.25, 0.3) is 10.8 Å². The fourth-order valence-electron chi connectivity index (χ4n) is 2.07. The van der Waals surface area contributed by atoms with E-state index in [9.17, 15) is 4.79 Å². The number of nitrogens with one attached hydrogen (secondary N) is 3. The summed E-state index contributed by atoms with van der Waals surface area (Å²) in [5, 5.41) is 11.1. The molecule has 0 bridgehead atoms. The predicted octanol–water partition coefficient (Wildman–Crippen LogP) is 1.51. The Kier molecular flexibility index (Phi) is 5.34. The van der Waals surface area contributed by atoms with Crippen LogP contribution in [0.3, 0.4) is 0 Å². The predicted molar refractivity (Wildman–Crippen MR) is 82.9 cm³/mol. The second kappa shape index (κ2) is 7.47. The average molecular weight is 272 g/mol. The first-order valence-electron chi connectivity index (χ1n) is 6.73. The molecule has 1 saturated heterocycles. The molecule has 0 unspecified atom stereocenters. The van der Waals surface area contributed by atoms with Crippen molar-refractivity contribution in [1.29, 1.82) is 0 Å². The summed E-state index contributed by atoms with van der Waals surface area (Å²) < 4.78 is 0. The number of hydrogen-bond acceptors (Lipinski definition) is 3. The van der Waals surface area contributed by atoms with Crippen molar-refractivity contribution in [2.75, 3.05) is 31.5 Å². The standard InChI is InChI=1S/C11H10N2O.C4H10N2/c12-11(14)13-10-7-3-5-8-4-1-2-6-9(8)10;1-2-6-4-3-5-1/h1-7H,(H3,12,13,14);5-6H,1-4H2. The zero-order valence-corrected chi connectivity index (χ0v) is 11.4. The van der Waals surface area contributed by atoms with E-state index in [1.54, 1.807) is 0 Å². The largest absolute Gasteiger partial charge is 0.351 e. The highest BCUT2D eigenvalue weighted by Crippen LogP contribution is 2.22. The van der Waals surface area contributed by atoms with E-state index in [4.69, 9.17) is 5.73 Å². The van der Waals surface area contributed by atoms with E-state index in [-0.39, 0.29) is 0 Å². The number of nitrogens with two attached hydrogens (primary N) is 1. The maximum absolute atomic E-state index is 10.7. The van der Waals surface area contributed by atoms with E-state index in [1.807, 2.05) is 42.5 Å². The van der Waals surface area contributed by atoms with Crippen molar-refractivity contribution >= 4 is 22.5 Å². The Morgan fingerprint density at radius 2 is 1.55 bits per heavy atom. The van der Waals surface area contributed by atoms with Crippen molar-refractivity contribution in [3.8, 4) is 0 Å². The summed E-state index contributed by atoms with van der Waals surface area (Å²) in [6.07, 6.45) is 0. The average Bonchev–Trinajstić information content (AvgIpc) is 2.50. The highest BCUT2D eigenvalue weighted by molar-refractivity contribution is 6.00. The Hall–Kier alpha value is -2.11. The second-order valence-electron chi connectivity index (χ2n) is 4.52. The van der Waals surface area contributed by atoms with Gasteiger partial charge < -0.3 is 21.7 Å². The van der Waals surface area contributed by atoms with Crippen LogP contribution < -0.4 is 21.7 Å². The van der Waals surface area contributed by atoms with Crippen LogP contribution in [0, 0.1) is 0 Å². The van der Waals surface area contributed by atoms with Gasteiger partial charge in [-0.15, -0.1) is 0 Å². The fraction of sp³-hybridized carbons (Fsp3) is 0.267. The van der Waals surface area contributed by atoms with Crippen LogP contribution in [0.2, 0.25) is 0 Å². The van der Waals surface area contributed by atoms with E-state index in [1.165, 1.54) is 0 Å². The molecule has 0 aliphatic carbocycles. The van der Waals surface area contributed by atoms with Gasteiger partial charge in [0.15, 0.2) is 0 Å². The molecule has 0 aromatic heterocycles. The normalized spacial score (nSPS) is 14.2. The molecule has 5 N–H and O–H groups in total. The summed E-state index contributed by atoms with van der Waals surface area (Å²) in [4.78, 5) is 10.7. The third-order valence-corrected chi connectivity index (χ3v) is 3.00. The number of hydrogen-bond donors (Lipinski definition) is 4. The Morgan fingerprint density at radius 3 is 2.15 bits per heavy atom. The third kappa shape index (κ3) is 4.22. The molecule has 1 aliphatic rings. The van der Waals surface area contributed by atoms with E-state index < -0.39 is 6.03 Å². The Bertz CT molecular complexity index is 550. The molecule has 20 heavy (non-hydrogen) atoms. The quantitative estimate of drug-likeness (QED) is 0.635. The number of carbonyl (C=O) groups is 1. The van der Waals surface area contributed by atoms with Gasteiger partial charge in [-0.3, -0.25) is 0 Å². The second-order valence-corrected chi connectivity index (χ2v) is 4.52. The Labute approximate surface area is 118 Å². The zero-order chi connectivity index (χ0) is 14.2. The van der Waals surface area contributed by atoms with Crippen LogP contribution in [-0.4, -0.2) is 32.2 Å². The van der Waals surface area contributed by atoms with Crippen LogP contribution in [0.15, 0.2) is 42.5 Å². The number of carbonyl (C=O) groups excluding carboxylic acids is 1. The molecule has 1 fully saturated rings. The number of anilines is 1. The lowest BCUT2D eigenvalue weighted by Gasteiger charge is -2.11. The molecule has 3 rings (SSSR count). The van der Waals surface area contributed by atoms with Crippen molar-refractivity contribution in [2.24, 2.45) is 5.73 Å². The highest BCUT2D eigenvalue weighted by atomic mass is 16.2. The molecule has 2 aromatic rings. The van der Waals surface area contributed by atoms with Crippen molar-refractivity contribution in [1.82, 2.24) is 10.6 Å². The molecule has 5 heteroatoms. The van der Waals surface area contributed by atoms with Crippen LogP contribution in [-0.2, 0) is 0 Å². The van der Waals surface area contributed by atoms with Gasteiger partial charge in [-0.25, -0.2) is 4.79 Å². The summed E-state index contributed by atoms with van der Waals surface area (Å²) >= 11 is 0. The van der Waals surface area contributed by atoms with Gasteiger partial charge in [0.1, 0.15) is 0 Å². The fourth-order valence-corrected chi connectivity index (χ4v) is 2.07. The highest BCUT2D eigenvalue weighted by Gasteiger charge is 2.00. The molecule has 106 valence electrons. The number of piperazine rings is 1. The molecule has 0 atom stereocenters. The van der Waals surface area contributed by atoms with E-state index in [0.29, 0.717) is 0 Å². The lowest BCUT2D eigenvalue weighted by Crippen LogP contribution is -2.39. The van der Waals surface area contributed by atoms with Gasteiger partial charge >= 0.3 is 6.03 Å². The maximum Gasteiger partial charge on any atom is 0.316 e. The van der Waals surface area contributed by atoms with E-state index >= 15 is 0 Å². The Morgan fingerprint density at radius 1 is 0.950 bits per heavy atom. The summed E-state index contributed by atoms with van der Waals surface area (Å²) in [6.45, 7) is 4.56. The number of urea groups is 1.